The summed E-state index contributed by atoms with van der Waals surface area (Å²) < 4.78 is 43.2. The predicted molar refractivity (Wildman–Crippen MR) is 151 cm³/mol. The zero-order chi connectivity index (χ0) is 28.7. The number of rotatable bonds is 11. The van der Waals surface area contributed by atoms with Crippen LogP contribution in [-0.4, -0.2) is 44.3 Å². The summed E-state index contributed by atoms with van der Waals surface area (Å²) in [6.07, 6.45) is 0. The number of carbonyl (C=O) groups is 2. The quantitative estimate of drug-likeness (QED) is 0.369. The van der Waals surface area contributed by atoms with Crippen LogP contribution in [0.4, 0.5) is 10.1 Å². The monoisotopic (exact) mass is 553 g/mol. The Morgan fingerprint density at radius 3 is 2.00 bits per heavy atom. The molecule has 0 fully saturated rings. The number of nitrogens with one attached hydrogen (secondary N) is 1. The summed E-state index contributed by atoms with van der Waals surface area (Å²) >= 11 is 0. The van der Waals surface area contributed by atoms with Gasteiger partial charge in [-0.15, -0.1) is 0 Å². The maximum Gasteiger partial charge on any atom is 0.264 e. The molecule has 9 heteroatoms. The number of amides is 2. The molecule has 0 unspecified atom stereocenters. The molecule has 0 radical (unpaired) electrons. The Bertz CT molecular complexity index is 1390. The third-order valence-corrected chi connectivity index (χ3v) is 8.15. The molecule has 3 aromatic rings. The molecule has 7 nitrogen and oxygen atoms in total. The van der Waals surface area contributed by atoms with Crippen molar-refractivity contribution < 1.29 is 22.4 Å². The molecule has 0 aliphatic carbocycles. The van der Waals surface area contributed by atoms with Crippen molar-refractivity contribution in [3.8, 4) is 0 Å². The summed E-state index contributed by atoms with van der Waals surface area (Å²) in [7, 11) is -4.15. The second-order valence-electron chi connectivity index (χ2n) is 10.1. The van der Waals surface area contributed by atoms with Crippen LogP contribution in [0, 0.1) is 25.6 Å². The van der Waals surface area contributed by atoms with Crippen LogP contribution in [0.5, 0.6) is 0 Å². The first-order chi connectivity index (χ1) is 18.4. The molecule has 39 heavy (non-hydrogen) atoms. The molecule has 0 spiro atoms. The maximum absolute atomic E-state index is 14.6. The van der Waals surface area contributed by atoms with Gasteiger partial charge in [-0.2, -0.15) is 0 Å². The summed E-state index contributed by atoms with van der Waals surface area (Å²) in [5.74, 6) is -1.38. The lowest BCUT2D eigenvalue weighted by Crippen LogP contribution is -2.51. The lowest BCUT2D eigenvalue weighted by Gasteiger charge is -2.32. The lowest BCUT2D eigenvalue weighted by atomic mass is 10.1. The van der Waals surface area contributed by atoms with Gasteiger partial charge in [0.25, 0.3) is 10.0 Å². The zero-order valence-electron chi connectivity index (χ0n) is 23.0. The van der Waals surface area contributed by atoms with E-state index in [1.54, 1.807) is 49.4 Å². The number of aryl methyl sites for hydroxylation is 2. The van der Waals surface area contributed by atoms with E-state index in [1.165, 1.54) is 35.2 Å². The molecule has 0 aliphatic rings. The van der Waals surface area contributed by atoms with Crippen molar-refractivity contribution in [1.29, 1.82) is 0 Å². The lowest BCUT2D eigenvalue weighted by molar-refractivity contribution is -0.139. The van der Waals surface area contributed by atoms with Crippen LogP contribution in [0.15, 0.2) is 77.7 Å². The Labute approximate surface area is 230 Å². The largest absolute Gasteiger partial charge is 0.354 e. The van der Waals surface area contributed by atoms with Gasteiger partial charge in [-0.3, -0.25) is 13.9 Å². The van der Waals surface area contributed by atoms with Crippen LogP contribution in [0.1, 0.15) is 37.5 Å². The second-order valence-corrected chi connectivity index (χ2v) is 12.0. The first-order valence-corrected chi connectivity index (χ1v) is 14.3. The van der Waals surface area contributed by atoms with Gasteiger partial charge in [0.15, 0.2) is 0 Å². The molecule has 0 saturated heterocycles. The number of sulfonamides is 1. The van der Waals surface area contributed by atoms with Crippen LogP contribution in [-0.2, 0) is 26.2 Å². The van der Waals surface area contributed by atoms with Gasteiger partial charge in [0.2, 0.25) is 11.8 Å². The van der Waals surface area contributed by atoms with Gasteiger partial charge >= 0.3 is 0 Å². The Kier molecular flexibility index (Phi) is 9.86. The van der Waals surface area contributed by atoms with E-state index in [-0.39, 0.29) is 22.9 Å². The van der Waals surface area contributed by atoms with Gasteiger partial charge in [-0.1, -0.05) is 67.4 Å². The van der Waals surface area contributed by atoms with Crippen LogP contribution in [0.25, 0.3) is 0 Å². The maximum atomic E-state index is 14.6. The highest BCUT2D eigenvalue weighted by Gasteiger charge is 2.32. The molecule has 3 aromatic carbocycles. The number of benzene rings is 3. The minimum absolute atomic E-state index is 0.0323. The number of halogens is 1. The van der Waals surface area contributed by atoms with Crippen molar-refractivity contribution in [2.24, 2.45) is 5.92 Å². The molecule has 0 saturated carbocycles. The summed E-state index contributed by atoms with van der Waals surface area (Å²) in [5.41, 5.74) is 2.34. The number of carbonyl (C=O) groups excluding carboxylic acids is 2. The zero-order valence-corrected chi connectivity index (χ0v) is 23.8. The Hall–Kier alpha value is -3.72. The highest BCUT2D eigenvalue weighted by atomic mass is 32.2. The topological polar surface area (TPSA) is 86.8 Å². The highest BCUT2D eigenvalue weighted by molar-refractivity contribution is 7.92. The molecule has 0 heterocycles. The molecule has 1 N–H and O–H groups in total. The van der Waals surface area contributed by atoms with Gasteiger partial charge in [-0.05, 0) is 57.0 Å². The summed E-state index contributed by atoms with van der Waals surface area (Å²) in [6, 6.07) is 18.2. The third kappa shape index (κ3) is 7.66. The molecular formula is C30H36FN3O4S. The first kappa shape index (κ1) is 29.8. The normalized spacial score (nSPS) is 12.2. The predicted octanol–water partition coefficient (Wildman–Crippen LogP) is 4.83. The summed E-state index contributed by atoms with van der Waals surface area (Å²) in [5, 5.41) is 2.81. The van der Waals surface area contributed by atoms with Crippen LogP contribution in [0.3, 0.4) is 0 Å². The van der Waals surface area contributed by atoms with E-state index in [2.05, 4.69) is 5.32 Å². The fourth-order valence-corrected chi connectivity index (χ4v) is 5.34. The van der Waals surface area contributed by atoms with Crippen LogP contribution in [0.2, 0.25) is 0 Å². The second kappa shape index (κ2) is 12.9. The molecule has 0 aromatic heterocycles. The minimum Gasteiger partial charge on any atom is -0.354 e. The molecule has 3 rings (SSSR count). The third-order valence-electron chi connectivity index (χ3n) is 6.36. The Balaban J connectivity index is 2.01. The van der Waals surface area contributed by atoms with Crippen molar-refractivity contribution in [2.45, 2.75) is 52.1 Å². The molecule has 1 atom stereocenters. The van der Waals surface area contributed by atoms with Crippen LogP contribution >= 0.6 is 0 Å². The first-order valence-electron chi connectivity index (χ1n) is 12.9. The number of nitrogens with zero attached hydrogens (tertiary/aromatic N) is 2. The number of hydrogen-bond acceptors (Lipinski definition) is 4. The van der Waals surface area contributed by atoms with E-state index in [0.717, 1.165) is 15.4 Å². The van der Waals surface area contributed by atoms with Gasteiger partial charge in [-0.25, -0.2) is 12.8 Å². The molecular weight excluding hydrogens is 517 g/mol. The van der Waals surface area contributed by atoms with E-state index in [9.17, 15) is 22.4 Å². The molecule has 0 bridgehead atoms. The van der Waals surface area contributed by atoms with E-state index in [0.29, 0.717) is 12.2 Å². The Morgan fingerprint density at radius 1 is 0.872 bits per heavy atom. The van der Waals surface area contributed by atoms with Gasteiger partial charge in [0.1, 0.15) is 18.4 Å². The van der Waals surface area contributed by atoms with Crippen molar-refractivity contribution in [1.82, 2.24) is 10.2 Å². The molecule has 208 valence electrons. The van der Waals surface area contributed by atoms with Crippen LogP contribution < -0.4 is 9.62 Å². The highest BCUT2D eigenvalue weighted by Crippen LogP contribution is 2.25. The average Bonchev–Trinajstić information content (AvgIpc) is 2.90. The Morgan fingerprint density at radius 2 is 1.44 bits per heavy atom. The van der Waals surface area contributed by atoms with E-state index < -0.39 is 40.2 Å². The minimum atomic E-state index is -4.15. The van der Waals surface area contributed by atoms with Crippen molar-refractivity contribution >= 4 is 27.5 Å². The van der Waals surface area contributed by atoms with Gasteiger partial charge in [0, 0.05) is 18.7 Å². The molecule has 2 amide bonds. The van der Waals surface area contributed by atoms with Crippen molar-refractivity contribution in [2.75, 3.05) is 17.4 Å². The van der Waals surface area contributed by atoms with Crippen molar-refractivity contribution in [3.63, 3.8) is 0 Å². The molecule has 0 aliphatic heterocycles. The van der Waals surface area contributed by atoms with Gasteiger partial charge in [0.05, 0.1) is 10.6 Å². The van der Waals surface area contributed by atoms with Gasteiger partial charge < -0.3 is 10.2 Å². The van der Waals surface area contributed by atoms with E-state index >= 15 is 0 Å². The van der Waals surface area contributed by atoms with E-state index in [1.807, 2.05) is 27.7 Å². The van der Waals surface area contributed by atoms with Crippen molar-refractivity contribution in [3.05, 3.63) is 95.3 Å². The number of hydrogen-bond donors (Lipinski definition) is 1. The standard InChI is InChI=1S/C30H36FN3O4S/c1-21(2)18-32-30(36)24(5)33(19-25-8-6-7-9-28(25)31)29(35)20-34(26-14-10-22(3)11-15-26)39(37,38)27-16-12-23(4)13-17-27/h6-17,21,24H,18-20H2,1-5H3,(H,32,36)/t24-/m0/s1. The average molecular weight is 554 g/mol. The SMILES string of the molecule is Cc1ccc(N(CC(=O)N(Cc2ccccc2F)[C@@H](C)C(=O)NCC(C)C)S(=O)(=O)c2ccc(C)cc2)cc1. The number of anilines is 1. The summed E-state index contributed by atoms with van der Waals surface area (Å²) in [6.45, 7) is 8.81. The fraction of sp³-hybridized carbons (Fsp3) is 0.333. The fourth-order valence-electron chi connectivity index (χ4n) is 3.92. The summed E-state index contributed by atoms with van der Waals surface area (Å²) in [4.78, 5) is 28.1. The van der Waals surface area contributed by atoms with E-state index in [4.69, 9.17) is 0 Å². The smallest absolute Gasteiger partial charge is 0.264 e.